The van der Waals surface area contributed by atoms with Crippen LogP contribution in [0.2, 0.25) is 0 Å². The second-order valence-corrected chi connectivity index (χ2v) is 7.63. The van der Waals surface area contributed by atoms with Crippen LogP contribution < -0.4 is 16.0 Å². The summed E-state index contributed by atoms with van der Waals surface area (Å²) in [5.41, 5.74) is 4.28. The molecule has 2 aromatic carbocycles. The van der Waals surface area contributed by atoms with Gasteiger partial charge in [0, 0.05) is 12.2 Å². The van der Waals surface area contributed by atoms with Gasteiger partial charge in [0.2, 0.25) is 11.8 Å². The van der Waals surface area contributed by atoms with Crippen LogP contribution in [0.3, 0.4) is 0 Å². The van der Waals surface area contributed by atoms with Crippen LogP contribution in [0.25, 0.3) is 0 Å². The van der Waals surface area contributed by atoms with Gasteiger partial charge >= 0.3 is 0 Å². The number of halogens is 1. The predicted molar refractivity (Wildman–Crippen MR) is 119 cm³/mol. The van der Waals surface area contributed by atoms with E-state index in [2.05, 4.69) is 28.1 Å². The van der Waals surface area contributed by atoms with Crippen molar-refractivity contribution >= 4 is 29.9 Å². The summed E-state index contributed by atoms with van der Waals surface area (Å²) in [6.07, 6.45) is 1.43. The summed E-state index contributed by atoms with van der Waals surface area (Å²) < 4.78 is 0. The normalized spacial score (nSPS) is 17.3. The summed E-state index contributed by atoms with van der Waals surface area (Å²) in [5.74, 6) is -0.271. The zero-order chi connectivity index (χ0) is 20.1. The molecule has 2 aromatic rings. The molecule has 0 fully saturated rings. The molecule has 5 nitrogen and oxygen atoms in total. The molecule has 0 spiro atoms. The van der Waals surface area contributed by atoms with Gasteiger partial charge in [-0.2, -0.15) is 0 Å². The quantitative estimate of drug-likeness (QED) is 0.675. The molecule has 1 heterocycles. The van der Waals surface area contributed by atoms with Gasteiger partial charge in [0.05, 0.1) is 6.04 Å². The van der Waals surface area contributed by atoms with Gasteiger partial charge in [-0.1, -0.05) is 62.2 Å². The molecular weight excluding hydrogens is 386 g/mol. The molecule has 3 N–H and O–H groups in total. The highest BCUT2D eigenvalue weighted by Gasteiger charge is 2.30. The van der Waals surface area contributed by atoms with E-state index in [4.69, 9.17) is 0 Å². The third-order valence-electron chi connectivity index (χ3n) is 5.51. The number of carbonyl (C=O) groups excluding carboxylic acids is 2. The van der Waals surface area contributed by atoms with Crippen molar-refractivity contribution in [2.45, 2.75) is 52.2 Å². The summed E-state index contributed by atoms with van der Waals surface area (Å²) in [6.45, 7) is 6.68. The number of fused-ring (bicyclic) bond motifs is 1. The van der Waals surface area contributed by atoms with Crippen molar-refractivity contribution in [2.24, 2.45) is 5.92 Å². The Hall–Kier alpha value is -2.37. The minimum absolute atomic E-state index is 0. The Morgan fingerprint density at radius 1 is 1.10 bits per heavy atom. The Morgan fingerprint density at radius 2 is 1.76 bits per heavy atom. The van der Waals surface area contributed by atoms with Gasteiger partial charge in [0.1, 0.15) is 6.04 Å². The van der Waals surface area contributed by atoms with Crippen LogP contribution in [0, 0.1) is 12.8 Å². The molecule has 6 heteroatoms. The largest absolute Gasteiger partial charge is 0.343 e. The van der Waals surface area contributed by atoms with Crippen LogP contribution >= 0.6 is 12.4 Å². The molecule has 0 aliphatic carbocycles. The molecule has 0 aromatic heterocycles. The lowest BCUT2D eigenvalue weighted by Gasteiger charge is -2.29. The molecule has 1 aliphatic rings. The van der Waals surface area contributed by atoms with E-state index < -0.39 is 6.04 Å². The van der Waals surface area contributed by atoms with E-state index in [0.717, 1.165) is 17.7 Å². The smallest absolute Gasteiger partial charge is 0.247 e. The predicted octanol–water partition coefficient (Wildman–Crippen LogP) is 3.60. The average Bonchev–Trinajstić information content (AvgIpc) is 2.72. The number of benzene rings is 2. The fraction of sp³-hybridized carbons (Fsp3) is 0.391. The average molecular weight is 416 g/mol. The first-order valence-corrected chi connectivity index (χ1v) is 9.96. The standard InChI is InChI=1S/C23H29N3O2.ClH/c1-4-16(3)21(23(28)25-19-11-9-15(2)10-12-19)26-22(27)20-13-17-7-5-6-8-18(17)14-24-20;/h5-12,16,20-21,24H,4,13-14H2,1-3H3,(H,25,28)(H,26,27);1H. The number of anilines is 1. The molecule has 3 rings (SSSR count). The maximum absolute atomic E-state index is 12.9. The summed E-state index contributed by atoms with van der Waals surface area (Å²) in [5, 5.41) is 9.21. The second kappa shape index (κ2) is 10.4. The Kier molecular flexibility index (Phi) is 8.23. The van der Waals surface area contributed by atoms with Crippen molar-refractivity contribution in [1.82, 2.24) is 10.6 Å². The molecule has 156 valence electrons. The maximum Gasteiger partial charge on any atom is 0.247 e. The second-order valence-electron chi connectivity index (χ2n) is 7.63. The Labute approximate surface area is 179 Å². The van der Waals surface area contributed by atoms with E-state index in [1.165, 1.54) is 11.1 Å². The van der Waals surface area contributed by atoms with Crippen molar-refractivity contribution in [1.29, 1.82) is 0 Å². The molecule has 0 radical (unpaired) electrons. The van der Waals surface area contributed by atoms with Crippen molar-refractivity contribution in [3.05, 3.63) is 65.2 Å². The van der Waals surface area contributed by atoms with Gasteiger partial charge < -0.3 is 16.0 Å². The molecule has 2 amide bonds. The van der Waals surface area contributed by atoms with Gasteiger partial charge in [-0.25, -0.2) is 0 Å². The monoisotopic (exact) mass is 415 g/mol. The van der Waals surface area contributed by atoms with Gasteiger partial charge in [-0.05, 0) is 42.5 Å². The minimum Gasteiger partial charge on any atom is -0.343 e. The third kappa shape index (κ3) is 5.81. The van der Waals surface area contributed by atoms with E-state index >= 15 is 0 Å². The van der Waals surface area contributed by atoms with Gasteiger partial charge in [0.15, 0.2) is 0 Å². The van der Waals surface area contributed by atoms with E-state index in [-0.39, 0.29) is 36.2 Å². The van der Waals surface area contributed by atoms with E-state index in [1.54, 1.807) is 0 Å². The molecule has 3 unspecified atom stereocenters. The lowest BCUT2D eigenvalue weighted by molar-refractivity contribution is -0.129. The zero-order valence-corrected chi connectivity index (χ0v) is 18.0. The number of hydrogen-bond acceptors (Lipinski definition) is 3. The maximum atomic E-state index is 12.9. The summed E-state index contributed by atoms with van der Waals surface area (Å²) >= 11 is 0. The SMILES string of the molecule is CCC(C)C(NC(=O)C1Cc2ccccc2CN1)C(=O)Nc1ccc(C)cc1.Cl. The number of rotatable bonds is 6. The zero-order valence-electron chi connectivity index (χ0n) is 17.2. The first-order valence-electron chi connectivity index (χ1n) is 9.96. The van der Waals surface area contributed by atoms with Gasteiger partial charge in [0.25, 0.3) is 0 Å². The number of aryl methyl sites for hydroxylation is 1. The van der Waals surface area contributed by atoms with Crippen LogP contribution in [0.5, 0.6) is 0 Å². The fourth-order valence-corrected chi connectivity index (χ4v) is 3.45. The van der Waals surface area contributed by atoms with Crippen LogP contribution in [-0.4, -0.2) is 23.9 Å². The summed E-state index contributed by atoms with van der Waals surface area (Å²) in [7, 11) is 0. The fourth-order valence-electron chi connectivity index (χ4n) is 3.45. The van der Waals surface area contributed by atoms with Crippen molar-refractivity contribution < 1.29 is 9.59 Å². The van der Waals surface area contributed by atoms with E-state index in [1.807, 2.05) is 57.2 Å². The highest BCUT2D eigenvalue weighted by atomic mass is 35.5. The van der Waals surface area contributed by atoms with E-state index in [0.29, 0.717) is 13.0 Å². The number of amides is 2. The van der Waals surface area contributed by atoms with Gasteiger partial charge in [-0.15, -0.1) is 12.4 Å². The van der Waals surface area contributed by atoms with Crippen molar-refractivity contribution in [3.8, 4) is 0 Å². The van der Waals surface area contributed by atoms with Crippen LogP contribution in [0.1, 0.15) is 37.0 Å². The first-order chi connectivity index (χ1) is 13.5. The molecule has 29 heavy (non-hydrogen) atoms. The molecular formula is C23H30ClN3O2. The summed E-state index contributed by atoms with van der Waals surface area (Å²) in [6, 6.07) is 14.9. The number of hydrogen-bond donors (Lipinski definition) is 3. The lowest BCUT2D eigenvalue weighted by atomic mass is 9.94. The van der Waals surface area contributed by atoms with Crippen LogP contribution in [-0.2, 0) is 22.6 Å². The molecule has 1 aliphatic heterocycles. The summed E-state index contributed by atoms with van der Waals surface area (Å²) in [4.78, 5) is 25.8. The molecule has 0 saturated carbocycles. The number of carbonyl (C=O) groups is 2. The van der Waals surface area contributed by atoms with Crippen molar-refractivity contribution in [3.63, 3.8) is 0 Å². The Balaban J connectivity index is 0.00000300. The number of nitrogens with one attached hydrogen (secondary N) is 3. The van der Waals surface area contributed by atoms with Crippen molar-refractivity contribution in [2.75, 3.05) is 5.32 Å². The Morgan fingerprint density at radius 3 is 2.41 bits per heavy atom. The van der Waals surface area contributed by atoms with Gasteiger partial charge in [-0.3, -0.25) is 9.59 Å². The minimum atomic E-state index is -0.572. The van der Waals surface area contributed by atoms with Crippen LogP contribution in [0.15, 0.2) is 48.5 Å². The topological polar surface area (TPSA) is 70.2 Å². The van der Waals surface area contributed by atoms with Crippen LogP contribution in [0.4, 0.5) is 5.69 Å². The van der Waals surface area contributed by atoms with E-state index in [9.17, 15) is 9.59 Å². The lowest BCUT2D eigenvalue weighted by Crippen LogP contribution is -2.55. The third-order valence-corrected chi connectivity index (χ3v) is 5.51. The molecule has 3 atom stereocenters. The highest BCUT2D eigenvalue weighted by Crippen LogP contribution is 2.18. The molecule has 0 bridgehead atoms. The Bertz CT molecular complexity index is 838. The highest BCUT2D eigenvalue weighted by molar-refractivity contribution is 5.98. The first kappa shape index (κ1) is 22.9. The molecule has 0 saturated heterocycles.